The number of H-pyrrole nitrogens is 1. The molecule has 6 nitrogen and oxygen atoms in total. The normalized spacial score (nSPS) is 22.4. The summed E-state index contributed by atoms with van der Waals surface area (Å²) >= 11 is 2.53. The molecule has 3 atom stereocenters. The summed E-state index contributed by atoms with van der Waals surface area (Å²) in [6.45, 7) is 0.437. The van der Waals surface area contributed by atoms with Crippen molar-refractivity contribution in [3.05, 3.63) is 86.5 Å². The molecule has 4 aromatic rings. The van der Waals surface area contributed by atoms with Crippen molar-refractivity contribution in [3.8, 4) is 0 Å². The van der Waals surface area contributed by atoms with E-state index in [2.05, 4.69) is 10.3 Å². The van der Waals surface area contributed by atoms with Gasteiger partial charge in [-0.2, -0.15) is 0 Å². The maximum Gasteiger partial charge on any atom is 0.308 e. The highest BCUT2D eigenvalue weighted by molar-refractivity contribution is 8.00. The molecule has 8 heteroatoms. The van der Waals surface area contributed by atoms with Gasteiger partial charge in [-0.05, 0) is 17.2 Å². The number of nitrogens with one attached hydrogen (secondary N) is 2. The number of benzene rings is 2. The zero-order chi connectivity index (χ0) is 21.1. The summed E-state index contributed by atoms with van der Waals surface area (Å²) in [4.78, 5) is 42.6. The maximum atomic E-state index is 13.0. The van der Waals surface area contributed by atoms with Crippen LogP contribution in [0.4, 0.5) is 0 Å². The summed E-state index contributed by atoms with van der Waals surface area (Å²) in [6.07, 6.45) is 1.91. The average molecular weight is 448 g/mol. The van der Waals surface area contributed by atoms with Gasteiger partial charge in [0.05, 0.1) is 17.5 Å². The van der Waals surface area contributed by atoms with Gasteiger partial charge in [0.1, 0.15) is 5.25 Å². The Hall–Kier alpha value is -3.10. The lowest BCUT2D eigenvalue weighted by Gasteiger charge is -2.30. The van der Waals surface area contributed by atoms with E-state index < -0.39 is 11.2 Å². The van der Waals surface area contributed by atoms with Gasteiger partial charge in [0.25, 0.3) is 0 Å². The Kier molecular flexibility index (Phi) is 4.19. The molecule has 31 heavy (non-hydrogen) atoms. The predicted octanol–water partition coefficient (Wildman–Crippen LogP) is 3.32. The largest absolute Gasteiger partial charge is 0.361 e. The van der Waals surface area contributed by atoms with E-state index in [1.165, 1.54) is 23.1 Å². The van der Waals surface area contributed by atoms with Gasteiger partial charge in [-0.15, -0.1) is 0 Å². The number of aromatic nitrogens is 2. The number of thiazole rings is 1. The monoisotopic (exact) mass is 447 g/mol. The van der Waals surface area contributed by atoms with Crippen molar-refractivity contribution in [2.75, 3.05) is 0 Å². The van der Waals surface area contributed by atoms with E-state index >= 15 is 0 Å². The molecule has 1 saturated heterocycles. The molecule has 2 amide bonds. The summed E-state index contributed by atoms with van der Waals surface area (Å²) in [7, 11) is 0. The lowest BCUT2D eigenvalue weighted by Crippen LogP contribution is -2.32. The number of hydrogen-bond donors (Lipinski definition) is 2. The molecule has 154 valence electrons. The molecule has 2 N–H and O–H groups in total. The fourth-order valence-corrected chi connectivity index (χ4v) is 7.36. The summed E-state index contributed by atoms with van der Waals surface area (Å²) < 4.78 is 1.74. The van der Waals surface area contributed by atoms with Crippen LogP contribution in [0.5, 0.6) is 0 Å². The van der Waals surface area contributed by atoms with E-state index in [0.29, 0.717) is 6.54 Å². The second-order valence-electron chi connectivity index (χ2n) is 7.79. The molecule has 0 bridgehead atoms. The number of aromatic amines is 1. The number of carbonyl (C=O) groups is 2. The molecule has 2 aliphatic rings. The highest BCUT2D eigenvalue weighted by Crippen LogP contribution is 2.52. The minimum Gasteiger partial charge on any atom is -0.361 e. The summed E-state index contributed by atoms with van der Waals surface area (Å²) in [6, 6.07) is 17.7. The molecular weight excluding hydrogens is 430 g/mol. The molecule has 0 saturated carbocycles. The quantitative estimate of drug-likeness (QED) is 0.472. The van der Waals surface area contributed by atoms with Crippen LogP contribution in [0.1, 0.15) is 21.9 Å². The maximum absolute atomic E-state index is 13.0. The molecule has 1 fully saturated rings. The molecule has 0 radical (unpaired) electrons. The zero-order valence-corrected chi connectivity index (χ0v) is 17.8. The van der Waals surface area contributed by atoms with Crippen molar-refractivity contribution in [3.63, 3.8) is 0 Å². The van der Waals surface area contributed by atoms with Crippen molar-refractivity contribution in [2.24, 2.45) is 5.92 Å². The molecule has 4 heterocycles. The van der Waals surface area contributed by atoms with Crippen LogP contribution in [0.15, 0.2) is 70.6 Å². The number of thioether (sulfide) groups is 1. The molecule has 6 rings (SSSR count). The molecular formula is C23H17N3O3S2. The smallest absolute Gasteiger partial charge is 0.308 e. The number of hydrogen-bond acceptors (Lipinski definition) is 5. The number of amides is 2. The molecule has 2 aliphatic heterocycles. The van der Waals surface area contributed by atoms with Crippen LogP contribution >= 0.6 is 23.1 Å². The minimum atomic E-state index is -0.547. The summed E-state index contributed by atoms with van der Waals surface area (Å²) in [5, 5.41) is 3.77. The van der Waals surface area contributed by atoms with Gasteiger partial charge in [-0.1, -0.05) is 71.6 Å². The van der Waals surface area contributed by atoms with Crippen molar-refractivity contribution in [2.45, 2.75) is 22.7 Å². The van der Waals surface area contributed by atoms with Crippen LogP contribution < -0.4 is 10.2 Å². The predicted molar refractivity (Wildman–Crippen MR) is 121 cm³/mol. The Balaban J connectivity index is 1.56. The SMILES string of the molecule is O=C1NC(=O)[C@@H]2Sc3c(sc(=O)n3Cc3ccccc3)[C@H](c3c[nH]c4ccccc34)[C@@H]12. The Labute approximate surface area is 185 Å². The topological polar surface area (TPSA) is 84.0 Å². The van der Waals surface area contributed by atoms with Gasteiger partial charge in [-0.3, -0.25) is 24.3 Å². The third-order valence-electron chi connectivity index (χ3n) is 6.03. The first-order valence-corrected chi connectivity index (χ1v) is 11.7. The van der Waals surface area contributed by atoms with Gasteiger partial charge < -0.3 is 4.98 Å². The Morgan fingerprint density at radius 1 is 0.935 bits per heavy atom. The van der Waals surface area contributed by atoms with E-state index in [0.717, 1.165) is 31.9 Å². The van der Waals surface area contributed by atoms with E-state index in [4.69, 9.17) is 0 Å². The third kappa shape index (κ3) is 2.82. The highest BCUT2D eigenvalue weighted by Gasteiger charge is 2.53. The second-order valence-corrected chi connectivity index (χ2v) is 9.92. The number of imide groups is 1. The van der Waals surface area contributed by atoms with Gasteiger partial charge >= 0.3 is 4.87 Å². The van der Waals surface area contributed by atoms with E-state index in [1.54, 1.807) is 4.57 Å². The van der Waals surface area contributed by atoms with Crippen LogP contribution in [0, 0.1) is 5.92 Å². The number of carbonyl (C=O) groups excluding carboxylic acids is 2. The van der Waals surface area contributed by atoms with Crippen molar-refractivity contribution >= 4 is 45.8 Å². The molecule has 0 aliphatic carbocycles. The van der Waals surface area contributed by atoms with E-state index in [-0.39, 0.29) is 22.6 Å². The third-order valence-corrected chi connectivity index (χ3v) is 8.64. The Bertz CT molecular complexity index is 1400. The molecule has 2 aromatic carbocycles. The number of fused-ring (bicyclic) bond motifs is 3. The number of nitrogens with zero attached hydrogens (tertiary/aromatic N) is 1. The highest BCUT2D eigenvalue weighted by atomic mass is 32.2. The Morgan fingerprint density at radius 2 is 1.71 bits per heavy atom. The van der Waals surface area contributed by atoms with Gasteiger partial charge in [0.15, 0.2) is 0 Å². The minimum absolute atomic E-state index is 0.0703. The van der Waals surface area contributed by atoms with Crippen molar-refractivity contribution in [1.82, 2.24) is 14.9 Å². The number of rotatable bonds is 3. The molecule has 0 spiro atoms. The first-order chi connectivity index (χ1) is 15.1. The van der Waals surface area contributed by atoms with Crippen LogP contribution in [-0.2, 0) is 16.1 Å². The lowest BCUT2D eigenvalue weighted by atomic mass is 9.83. The fraction of sp³-hybridized carbons (Fsp3) is 0.174. The Morgan fingerprint density at radius 3 is 2.55 bits per heavy atom. The van der Waals surface area contributed by atoms with Crippen LogP contribution in [0.25, 0.3) is 10.9 Å². The summed E-state index contributed by atoms with van der Waals surface area (Å²) in [5.41, 5.74) is 2.93. The van der Waals surface area contributed by atoms with Gasteiger partial charge in [-0.25, -0.2) is 0 Å². The zero-order valence-electron chi connectivity index (χ0n) is 16.2. The molecule has 0 unspecified atom stereocenters. The van der Waals surface area contributed by atoms with Gasteiger partial charge in [0, 0.05) is 27.9 Å². The fourth-order valence-electron chi connectivity index (χ4n) is 4.63. The van der Waals surface area contributed by atoms with Crippen molar-refractivity contribution in [1.29, 1.82) is 0 Å². The average Bonchev–Trinajstić information content (AvgIpc) is 3.42. The van der Waals surface area contributed by atoms with Crippen molar-refractivity contribution < 1.29 is 9.59 Å². The van der Waals surface area contributed by atoms with E-state index in [9.17, 15) is 14.4 Å². The van der Waals surface area contributed by atoms with Crippen LogP contribution in [0.3, 0.4) is 0 Å². The first-order valence-electron chi connectivity index (χ1n) is 9.96. The van der Waals surface area contributed by atoms with E-state index in [1.807, 2.05) is 60.8 Å². The molecule has 2 aromatic heterocycles. The van der Waals surface area contributed by atoms with Crippen LogP contribution in [-0.4, -0.2) is 26.6 Å². The first kappa shape index (κ1) is 18.7. The van der Waals surface area contributed by atoms with Crippen LogP contribution in [0.2, 0.25) is 0 Å². The summed E-state index contributed by atoms with van der Waals surface area (Å²) in [5.74, 6) is -1.43. The standard InChI is InChI=1S/C23H17N3O3S2/c27-20-17-16(14-10-24-15-9-5-4-8-13(14)15)19-22(30-18(17)21(28)25-20)26(23(29)31-19)11-12-6-2-1-3-7-12/h1-10,16-18,24H,11H2,(H,25,27,28)/t16-,17-,18-/m1/s1. The van der Waals surface area contributed by atoms with Gasteiger partial charge in [0.2, 0.25) is 11.8 Å². The lowest BCUT2D eigenvalue weighted by molar-refractivity contribution is -0.125. The second kappa shape index (κ2) is 6.96. The number of para-hydroxylation sites is 1.